The van der Waals surface area contributed by atoms with E-state index in [1.54, 1.807) is 68.1 Å². The Morgan fingerprint density at radius 3 is 2.57 bits per heavy atom. The minimum absolute atomic E-state index is 0.229. The number of nitrogen functional groups attached to an aromatic ring is 1. The molecule has 1 unspecified atom stereocenters. The summed E-state index contributed by atoms with van der Waals surface area (Å²) in [6.07, 6.45) is 5.38. The van der Waals surface area contributed by atoms with Crippen molar-refractivity contribution in [3.05, 3.63) is 82.2 Å². The highest BCUT2D eigenvalue weighted by molar-refractivity contribution is 6.42. The molecule has 0 bridgehead atoms. The van der Waals surface area contributed by atoms with E-state index in [1.165, 1.54) is 4.90 Å². The highest BCUT2D eigenvalue weighted by Crippen LogP contribution is 2.35. The molecule has 11 heteroatoms. The first kappa shape index (κ1) is 26.4. The Morgan fingerprint density at radius 1 is 1.16 bits per heavy atom. The van der Waals surface area contributed by atoms with Crippen LogP contribution >= 0.6 is 23.2 Å². The van der Waals surface area contributed by atoms with Gasteiger partial charge in [-0.1, -0.05) is 42.3 Å². The summed E-state index contributed by atoms with van der Waals surface area (Å²) in [5.74, 6) is -1.30. The average molecular weight is 541 g/mol. The number of rotatable bonds is 7. The van der Waals surface area contributed by atoms with Crippen LogP contribution in [0, 0.1) is 5.92 Å². The molecular weight excluding hydrogens is 515 g/mol. The Hall–Kier alpha value is -3.69. The lowest BCUT2D eigenvalue weighted by Gasteiger charge is -2.46. The van der Waals surface area contributed by atoms with E-state index in [1.807, 2.05) is 6.92 Å². The number of halogens is 2. The van der Waals surface area contributed by atoms with Crippen LogP contribution in [0.3, 0.4) is 0 Å². The fraction of sp³-hybridized carbons (Fsp3) is 0.269. The Balaban J connectivity index is 1.61. The van der Waals surface area contributed by atoms with E-state index in [0.29, 0.717) is 33.5 Å². The molecule has 2 aromatic heterocycles. The molecular formula is C26H26Cl2N6O3. The van der Waals surface area contributed by atoms with Crippen molar-refractivity contribution in [2.75, 3.05) is 17.7 Å². The lowest BCUT2D eigenvalue weighted by atomic mass is 9.81. The molecule has 1 saturated heterocycles. The first-order valence-electron chi connectivity index (χ1n) is 11.7. The zero-order valence-electron chi connectivity index (χ0n) is 20.3. The second-order valence-corrected chi connectivity index (χ2v) is 9.49. The van der Waals surface area contributed by atoms with Crippen molar-refractivity contribution in [1.29, 1.82) is 0 Å². The van der Waals surface area contributed by atoms with E-state index in [9.17, 15) is 14.4 Å². The van der Waals surface area contributed by atoms with Crippen LogP contribution in [-0.4, -0.2) is 45.8 Å². The van der Waals surface area contributed by atoms with Crippen LogP contribution in [0.4, 0.5) is 16.3 Å². The van der Waals surface area contributed by atoms with Crippen molar-refractivity contribution in [2.24, 2.45) is 5.92 Å². The van der Waals surface area contributed by atoms with Gasteiger partial charge in [0.05, 0.1) is 22.0 Å². The van der Waals surface area contributed by atoms with Crippen molar-refractivity contribution < 1.29 is 14.4 Å². The summed E-state index contributed by atoms with van der Waals surface area (Å²) < 4.78 is 0. The van der Waals surface area contributed by atoms with Crippen LogP contribution in [0.2, 0.25) is 10.0 Å². The fourth-order valence-corrected chi connectivity index (χ4v) is 4.87. The number of aromatic nitrogens is 2. The number of carbonyl (C=O) groups is 3. The molecule has 0 radical (unpaired) electrons. The number of anilines is 2. The number of nitrogens with one attached hydrogen (secondary N) is 1. The zero-order chi connectivity index (χ0) is 26.7. The molecule has 0 saturated carbocycles. The first-order chi connectivity index (χ1) is 17.7. The molecule has 9 nitrogen and oxygen atoms in total. The number of likely N-dealkylation sites (tertiary alicyclic amines) is 1. The monoisotopic (exact) mass is 540 g/mol. The summed E-state index contributed by atoms with van der Waals surface area (Å²) >= 11 is 12.5. The SMILES string of the molecule is CC[C@@H](NC(=O)N1C(=O)C(Cc2ccnc(N)c2)[C@H]1C(=O)N(C)c1ccncc1)c1cccc(Cl)c1Cl. The van der Waals surface area contributed by atoms with Gasteiger partial charge in [-0.3, -0.25) is 19.5 Å². The molecule has 1 aliphatic heterocycles. The van der Waals surface area contributed by atoms with E-state index in [-0.39, 0.29) is 6.42 Å². The quantitative estimate of drug-likeness (QED) is 0.431. The molecule has 4 amide bonds. The number of amides is 4. The zero-order valence-corrected chi connectivity index (χ0v) is 21.8. The predicted octanol–water partition coefficient (Wildman–Crippen LogP) is 4.26. The maximum atomic E-state index is 13.6. The Labute approximate surface area is 224 Å². The number of nitrogens with zero attached hydrogens (tertiary/aromatic N) is 4. The summed E-state index contributed by atoms with van der Waals surface area (Å²) in [5.41, 5.74) is 7.75. The summed E-state index contributed by atoms with van der Waals surface area (Å²) in [5, 5.41) is 3.53. The van der Waals surface area contributed by atoms with Gasteiger partial charge in [0.15, 0.2) is 0 Å². The smallest absolute Gasteiger partial charge is 0.325 e. The largest absolute Gasteiger partial charge is 0.384 e. The number of urea groups is 1. The first-order valence-corrected chi connectivity index (χ1v) is 12.4. The summed E-state index contributed by atoms with van der Waals surface area (Å²) in [6, 6.07) is 9.67. The van der Waals surface area contributed by atoms with Gasteiger partial charge < -0.3 is 16.0 Å². The Bertz CT molecular complexity index is 1320. The van der Waals surface area contributed by atoms with Crippen LogP contribution < -0.4 is 16.0 Å². The van der Waals surface area contributed by atoms with Gasteiger partial charge in [-0.25, -0.2) is 9.78 Å². The number of hydrogen-bond acceptors (Lipinski definition) is 6. The van der Waals surface area contributed by atoms with Gasteiger partial charge in [-0.15, -0.1) is 0 Å². The van der Waals surface area contributed by atoms with Crippen LogP contribution in [0.25, 0.3) is 0 Å². The molecule has 0 spiro atoms. The van der Waals surface area contributed by atoms with E-state index < -0.39 is 35.8 Å². The van der Waals surface area contributed by atoms with Gasteiger partial charge in [0.25, 0.3) is 5.91 Å². The average Bonchev–Trinajstić information content (AvgIpc) is 2.90. The standard InChI is InChI=1S/C26H26Cl2N6O3/c1-3-20(17-5-4-6-19(27)22(17)28)32-26(37)34-23(25(36)33(2)16-8-10-30-11-9-16)18(24(34)35)13-15-7-12-31-21(29)14-15/h4-12,14,18,20,23H,3,13H2,1-2H3,(H2,29,31)(H,32,37)/t18?,20-,23+/m1/s1. The normalized spacial score (nSPS) is 17.6. The van der Waals surface area contributed by atoms with E-state index in [4.69, 9.17) is 28.9 Å². The molecule has 4 rings (SSSR count). The number of pyridine rings is 2. The lowest BCUT2D eigenvalue weighted by Crippen LogP contribution is -2.70. The highest BCUT2D eigenvalue weighted by Gasteiger charge is 2.55. The second-order valence-electron chi connectivity index (χ2n) is 8.71. The molecule has 1 aliphatic rings. The maximum absolute atomic E-state index is 13.6. The van der Waals surface area contributed by atoms with Gasteiger partial charge in [-0.2, -0.15) is 0 Å². The van der Waals surface area contributed by atoms with E-state index in [2.05, 4.69) is 15.3 Å². The van der Waals surface area contributed by atoms with Gasteiger partial charge in [-0.05, 0) is 54.3 Å². The van der Waals surface area contributed by atoms with Crippen molar-refractivity contribution in [3.63, 3.8) is 0 Å². The van der Waals surface area contributed by atoms with Gasteiger partial charge in [0.1, 0.15) is 11.9 Å². The lowest BCUT2D eigenvalue weighted by molar-refractivity contribution is -0.156. The van der Waals surface area contributed by atoms with Crippen molar-refractivity contribution in [3.8, 4) is 0 Å². The summed E-state index contributed by atoms with van der Waals surface area (Å²) in [4.78, 5) is 50.7. The summed E-state index contributed by atoms with van der Waals surface area (Å²) in [7, 11) is 1.60. The third-order valence-corrected chi connectivity index (χ3v) is 7.26. The molecule has 192 valence electrons. The number of carbonyl (C=O) groups excluding carboxylic acids is 3. The molecule has 3 aromatic rings. The minimum Gasteiger partial charge on any atom is -0.384 e. The van der Waals surface area contributed by atoms with Crippen LogP contribution in [0.15, 0.2) is 61.1 Å². The molecule has 3 heterocycles. The summed E-state index contributed by atoms with van der Waals surface area (Å²) in [6.45, 7) is 1.87. The van der Waals surface area contributed by atoms with Crippen LogP contribution in [0.5, 0.6) is 0 Å². The third kappa shape index (κ3) is 5.38. The van der Waals surface area contributed by atoms with E-state index >= 15 is 0 Å². The number of likely N-dealkylation sites (N-methyl/N-ethyl adjacent to an activating group) is 1. The number of hydrogen-bond donors (Lipinski definition) is 2. The number of imide groups is 1. The second kappa shape index (κ2) is 11.1. The minimum atomic E-state index is -1.02. The molecule has 1 fully saturated rings. The molecule has 0 aliphatic carbocycles. The maximum Gasteiger partial charge on any atom is 0.325 e. The van der Waals surface area contributed by atoms with Crippen LogP contribution in [-0.2, 0) is 16.0 Å². The number of β-lactam (4-membered cyclic amide) rings is 1. The topological polar surface area (TPSA) is 122 Å². The third-order valence-electron chi connectivity index (χ3n) is 6.43. The van der Waals surface area contributed by atoms with Crippen molar-refractivity contribution in [1.82, 2.24) is 20.2 Å². The fourth-order valence-electron chi connectivity index (χ4n) is 4.43. The Kier molecular flexibility index (Phi) is 7.94. The molecule has 37 heavy (non-hydrogen) atoms. The van der Waals surface area contributed by atoms with Crippen molar-refractivity contribution in [2.45, 2.75) is 31.8 Å². The van der Waals surface area contributed by atoms with Gasteiger partial charge in [0.2, 0.25) is 5.91 Å². The number of nitrogens with two attached hydrogens (primary N) is 1. The van der Waals surface area contributed by atoms with Gasteiger partial charge in [0, 0.05) is 31.3 Å². The van der Waals surface area contributed by atoms with Crippen molar-refractivity contribution >= 4 is 52.6 Å². The predicted molar refractivity (Wildman–Crippen MR) is 142 cm³/mol. The molecule has 3 atom stereocenters. The molecule has 1 aromatic carbocycles. The highest BCUT2D eigenvalue weighted by atomic mass is 35.5. The van der Waals surface area contributed by atoms with Gasteiger partial charge >= 0.3 is 6.03 Å². The molecule has 3 N–H and O–H groups in total. The van der Waals surface area contributed by atoms with Crippen LogP contribution in [0.1, 0.15) is 30.5 Å². The van der Waals surface area contributed by atoms with E-state index in [0.717, 1.165) is 10.5 Å². The Morgan fingerprint density at radius 2 is 1.89 bits per heavy atom. The number of benzene rings is 1.